The van der Waals surface area contributed by atoms with E-state index in [1.165, 1.54) is 16.7 Å². The van der Waals surface area contributed by atoms with Crippen molar-refractivity contribution in [2.45, 2.75) is 76.8 Å². The maximum Gasteiger partial charge on any atom is -0.147 e. The number of halogens is 2. The molecule has 0 saturated carbocycles. The molecule has 0 spiro atoms. The zero-order chi connectivity index (χ0) is 19.3. The van der Waals surface area contributed by atoms with Gasteiger partial charge in [-0.25, -0.2) is 0 Å². The third kappa shape index (κ3) is 7.37. The largest absolute Gasteiger partial charge is 0.147 e. The van der Waals surface area contributed by atoms with Gasteiger partial charge in [0.25, 0.3) is 0 Å². The Bertz CT molecular complexity index is 704. The van der Waals surface area contributed by atoms with Gasteiger partial charge in [0.15, 0.2) is 0 Å². The van der Waals surface area contributed by atoms with Crippen LogP contribution in [0.2, 0.25) is 18.5 Å². The molecule has 0 saturated heterocycles. The van der Waals surface area contributed by atoms with Crippen LogP contribution in [0, 0.1) is 0 Å². The molecule has 0 N–H and O–H groups in total. The smallest absolute Gasteiger partial charge is 0.147 e. The predicted octanol–water partition coefficient (Wildman–Crippen LogP) is 8.51. The van der Waals surface area contributed by atoms with Gasteiger partial charge in [0.1, 0.15) is 0 Å². The zero-order valence-electron chi connectivity index (χ0n) is 18.8. The molecule has 1 aliphatic rings. The summed E-state index contributed by atoms with van der Waals surface area (Å²) >= 11 is -3.10. The van der Waals surface area contributed by atoms with Crippen LogP contribution in [0.5, 0.6) is 5.75 Å². The Morgan fingerprint density at radius 1 is 0.778 bits per heavy atom. The Balaban J connectivity index is 0.00000338. The molecule has 0 fully saturated rings. The van der Waals surface area contributed by atoms with Crippen LogP contribution in [0.25, 0.3) is 0 Å². The Hall–Kier alpha value is -0.0369. The van der Waals surface area contributed by atoms with Crippen LogP contribution in [0.1, 0.15) is 64.2 Å². The molecular weight excluding hydrogens is 454 g/mol. The molecule has 0 heterocycles. The van der Waals surface area contributed by atoms with Crippen molar-refractivity contribution in [2.24, 2.45) is 0 Å². The average Bonchev–Trinajstić information content (AvgIpc) is 2.86. The predicted molar refractivity (Wildman–Crippen MR) is 123 cm³/mol. The van der Waals surface area contributed by atoms with E-state index < -0.39 is 19.2 Å². The van der Waals surface area contributed by atoms with Crippen LogP contribution in [0.3, 0.4) is 0 Å². The fraction of sp³-hybridized carbons (Fsp3) is 0.565. The minimum Gasteiger partial charge on any atom is -0.147 e. The van der Waals surface area contributed by atoms with Gasteiger partial charge in [-0.1, -0.05) is 0 Å². The van der Waals surface area contributed by atoms with Gasteiger partial charge in [0.05, 0.1) is 0 Å². The fourth-order valence-electron chi connectivity index (χ4n) is 3.05. The van der Waals surface area contributed by atoms with Gasteiger partial charge in [-0.3, -0.25) is 0 Å². The summed E-state index contributed by atoms with van der Waals surface area (Å²) in [4.78, 5) is 0. The van der Waals surface area contributed by atoms with Gasteiger partial charge in [-0.2, -0.15) is 0 Å². The molecule has 2 rings (SSSR count). The van der Waals surface area contributed by atoms with E-state index in [9.17, 15) is 0 Å². The van der Waals surface area contributed by atoms with E-state index in [0.717, 1.165) is 5.75 Å². The maximum absolute atomic E-state index is 6.90. The van der Waals surface area contributed by atoms with Crippen molar-refractivity contribution in [3.05, 3.63) is 53.1 Å². The maximum atomic E-state index is 6.90. The van der Waals surface area contributed by atoms with E-state index in [1.807, 2.05) is 0 Å². The second-order valence-electron chi connectivity index (χ2n) is 11.7. The normalized spacial score (nSPS) is 16.3. The molecule has 27 heavy (non-hydrogen) atoms. The number of allylic oxidation sites excluding steroid dienone is 4. The third-order valence-electron chi connectivity index (χ3n) is 4.41. The van der Waals surface area contributed by atoms with Gasteiger partial charge in [0, 0.05) is 0 Å². The van der Waals surface area contributed by atoms with Gasteiger partial charge in [0.2, 0.25) is 0 Å². The van der Waals surface area contributed by atoms with Crippen molar-refractivity contribution in [3.63, 3.8) is 0 Å². The summed E-state index contributed by atoms with van der Waals surface area (Å²) in [5.41, 5.74) is 4.23. The number of hydrogen-bond acceptors (Lipinski definition) is 1. The van der Waals surface area contributed by atoms with Crippen LogP contribution in [0.4, 0.5) is 0 Å². The first kappa shape index (κ1) is 27.0. The van der Waals surface area contributed by atoms with Crippen LogP contribution < -0.4 is 2.81 Å². The monoisotopic (exact) mass is 491 g/mol. The first-order chi connectivity index (χ1) is 11.0. The Labute approximate surface area is 181 Å². The summed E-state index contributed by atoms with van der Waals surface area (Å²) in [7, 11) is 0. The van der Waals surface area contributed by atoms with E-state index in [2.05, 4.69) is 96.5 Å². The number of rotatable bonds is 3. The molecule has 0 atom stereocenters. The molecule has 0 unspecified atom stereocenters. The van der Waals surface area contributed by atoms with Gasteiger partial charge in [-0.05, 0) is 0 Å². The molecule has 0 aliphatic heterocycles. The number of hydrogen-bond donors (Lipinski definition) is 0. The van der Waals surface area contributed by atoms with Gasteiger partial charge >= 0.3 is 158 Å². The first-order valence-corrected chi connectivity index (χ1v) is 20.4. The minimum absolute atomic E-state index is 0. The molecule has 0 aromatic heterocycles. The van der Waals surface area contributed by atoms with E-state index in [4.69, 9.17) is 2.81 Å². The fourth-order valence-corrected chi connectivity index (χ4v) is 5.62. The topological polar surface area (TPSA) is 9.23 Å². The molecule has 1 aromatic carbocycles. The quantitative estimate of drug-likeness (QED) is 0.410. The Morgan fingerprint density at radius 2 is 1.26 bits per heavy atom. The van der Waals surface area contributed by atoms with Crippen LogP contribution in [0.15, 0.2) is 36.4 Å². The second-order valence-corrected chi connectivity index (χ2v) is 30.9. The molecule has 1 aliphatic carbocycles. The first-order valence-electron chi connectivity index (χ1n) is 9.52. The molecule has 0 bridgehead atoms. The van der Waals surface area contributed by atoms with Crippen molar-refractivity contribution in [1.29, 1.82) is 0 Å². The van der Waals surface area contributed by atoms with Crippen LogP contribution in [-0.2, 0) is 30.1 Å². The van der Waals surface area contributed by atoms with Gasteiger partial charge < -0.3 is 0 Å². The van der Waals surface area contributed by atoms with E-state index in [0.29, 0.717) is 5.92 Å². The summed E-state index contributed by atoms with van der Waals surface area (Å²) in [6, 6.07) is 4.78. The van der Waals surface area contributed by atoms with Crippen molar-refractivity contribution in [3.8, 4) is 5.75 Å². The van der Waals surface area contributed by atoms with Crippen LogP contribution >= 0.6 is 24.8 Å². The Kier molecular flexibility index (Phi) is 8.36. The molecule has 1 nitrogen and oxygen atoms in total. The summed E-state index contributed by atoms with van der Waals surface area (Å²) in [6.45, 7) is 13.8. The summed E-state index contributed by atoms with van der Waals surface area (Å²) in [5, 5.41) is 0. The van der Waals surface area contributed by atoms with Gasteiger partial charge in [-0.15, -0.1) is 24.8 Å². The standard InChI is InChI=1S/C19H26O.4CH3.2ClH.Zr/c1-18(2,3)14-11-15(13-9-7-8-10-13)17(20)16(12-14)19(4,5)6;;;;;;;/h7-13,20H,1-6H3;4*1H3;2*1H;/q;;;;;;;+1/p-1. The van der Waals surface area contributed by atoms with Crippen molar-refractivity contribution >= 4 is 24.8 Å². The molecule has 4 heteroatoms. The molecule has 0 radical (unpaired) electrons. The van der Waals surface area contributed by atoms with Crippen molar-refractivity contribution < 1.29 is 22.0 Å². The molecule has 0 amide bonds. The van der Waals surface area contributed by atoms with E-state index in [1.54, 1.807) is 0 Å². The summed E-state index contributed by atoms with van der Waals surface area (Å²) in [6.07, 6.45) is 8.86. The number of benzene rings is 1. The van der Waals surface area contributed by atoms with Crippen molar-refractivity contribution in [2.75, 3.05) is 0 Å². The SMILES string of the molecule is CC(C)(C)c1cc(C2C=CC=C2)c([O][Zr]([CH3])([CH3])([CH3])[CH3])c(C(C)(C)C)c1.Cl.Cl. The minimum atomic E-state index is -3.10. The van der Waals surface area contributed by atoms with Crippen LogP contribution in [-0.4, -0.2) is 0 Å². The third-order valence-corrected chi connectivity index (χ3v) is 6.92. The molecule has 1 aromatic rings. The average molecular weight is 494 g/mol. The summed E-state index contributed by atoms with van der Waals surface area (Å²) < 4.78 is 16.3. The summed E-state index contributed by atoms with van der Waals surface area (Å²) in [5.74, 6) is 1.46. The molecule has 155 valence electrons. The van der Waals surface area contributed by atoms with Crippen molar-refractivity contribution in [1.82, 2.24) is 0 Å². The zero-order valence-corrected chi connectivity index (χ0v) is 22.9. The van der Waals surface area contributed by atoms with E-state index >= 15 is 0 Å². The Morgan fingerprint density at radius 3 is 1.63 bits per heavy atom. The molecular formula is C23H39Cl2OZr. The second kappa shape index (κ2) is 8.37. The van der Waals surface area contributed by atoms with E-state index in [-0.39, 0.29) is 35.6 Å².